The van der Waals surface area contributed by atoms with Gasteiger partial charge in [-0.15, -0.1) is 5.10 Å². The van der Waals surface area contributed by atoms with Crippen molar-refractivity contribution in [1.82, 2.24) is 30.0 Å². The van der Waals surface area contributed by atoms with Gasteiger partial charge in [-0.2, -0.15) is 5.10 Å². The molecule has 2 saturated heterocycles. The number of aromatic nitrogens is 4. The molecule has 3 fully saturated rings. The molecule has 45 heavy (non-hydrogen) atoms. The molecule has 0 radical (unpaired) electrons. The van der Waals surface area contributed by atoms with Crippen LogP contribution in [0.5, 0.6) is 0 Å². The lowest BCUT2D eigenvalue weighted by atomic mass is 9.77. The molecule has 3 N–H and O–H groups in total. The average Bonchev–Trinajstić information content (AvgIpc) is 3.42. The van der Waals surface area contributed by atoms with Crippen LogP contribution in [-0.2, 0) is 20.9 Å². The standard InChI is InChI=1S/C31H36ClFN8O4/c1-40-7-6-22(15-40)45-31(44)18-4-8-41(9-5-18)21-10-19(11-21)30(43)37-29-14-28(34-17-35-29)36-26-13-25(38-39-27(26)16-42)23-12-20(32)2-3-24(23)33/h2-3,12-14,17-19,21-22,42H,4-11,15-16H2,1H3,(H2,34,35,36,37,38,43)/t19?,21?,22-/m1/s1. The summed E-state index contributed by atoms with van der Waals surface area (Å²) in [6.07, 6.45) is 5.29. The second kappa shape index (κ2) is 13.7. The number of nitrogens with one attached hydrogen (secondary N) is 2. The predicted octanol–water partition coefficient (Wildman–Crippen LogP) is 3.64. The first-order valence-corrected chi connectivity index (χ1v) is 15.6. The van der Waals surface area contributed by atoms with Crippen molar-refractivity contribution in [2.45, 2.75) is 50.9 Å². The topological polar surface area (TPSA) is 146 Å². The molecule has 1 aliphatic carbocycles. The minimum Gasteiger partial charge on any atom is -0.461 e. The number of likely N-dealkylation sites (N-methyl/N-ethyl adjacent to an activating group) is 1. The molecule has 1 saturated carbocycles. The molecular formula is C31H36ClFN8O4. The number of amides is 1. The van der Waals surface area contributed by atoms with Gasteiger partial charge in [-0.05, 0) is 76.5 Å². The molecule has 12 nitrogen and oxygen atoms in total. The van der Waals surface area contributed by atoms with Gasteiger partial charge in [0.25, 0.3) is 0 Å². The normalized spacial score (nSPS) is 22.5. The molecule has 3 aromatic rings. The number of rotatable bonds is 9. The van der Waals surface area contributed by atoms with Gasteiger partial charge < -0.3 is 30.3 Å². The molecule has 4 heterocycles. The number of likely N-dealkylation sites (tertiary alicyclic amines) is 2. The molecule has 1 amide bonds. The van der Waals surface area contributed by atoms with Gasteiger partial charge in [-0.3, -0.25) is 9.59 Å². The minimum absolute atomic E-state index is 0.0114. The highest BCUT2D eigenvalue weighted by Crippen LogP contribution is 2.35. The third-order valence-electron chi connectivity index (χ3n) is 8.90. The zero-order valence-electron chi connectivity index (χ0n) is 25.0. The Labute approximate surface area is 265 Å². The van der Waals surface area contributed by atoms with E-state index in [1.165, 1.54) is 24.5 Å². The number of benzene rings is 1. The fourth-order valence-corrected chi connectivity index (χ4v) is 6.35. The molecule has 0 unspecified atom stereocenters. The van der Waals surface area contributed by atoms with Gasteiger partial charge >= 0.3 is 5.97 Å². The number of aliphatic hydroxyl groups excluding tert-OH is 1. The lowest BCUT2D eigenvalue weighted by molar-refractivity contribution is -0.155. The Hall–Kier alpha value is -3.78. The van der Waals surface area contributed by atoms with Crippen LogP contribution < -0.4 is 10.6 Å². The first-order chi connectivity index (χ1) is 21.7. The Morgan fingerprint density at radius 1 is 1.04 bits per heavy atom. The molecule has 2 aliphatic heterocycles. The summed E-state index contributed by atoms with van der Waals surface area (Å²) in [5, 5.41) is 24.1. The van der Waals surface area contributed by atoms with Gasteiger partial charge in [0.15, 0.2) is 0 Å². The largest absolute Gasteiger partial charge is 0.461 e. The number of anilines is 3. The van der Waals surface area contributed by atoms with Crippen molar-refractivity contribution in [2.75, 3.05) is 43.9 Å². The molecule has 14 heteroatoms. The van der Waals surface area contributed by atoms with Crippen molar-refractivity contribution in [3.63, 3.8) is 0 Å². The number of esters is 1. The van der Waals surface area contributed by atoms with Crippen LogP contribution in [0.1, 0.15) is 37.8 Å². The van der Waals surface area contributed by atoms with E-state index in [4.69, 9.17) is 16.3 Å². The molecule has 3 aliphatic rings. The van der Waals surface area contributed by atoms with Crippen molar-refractivity contribution < 1.29 is 23.8 Å². The van der Waals surface area contributed by atoms with E-state index in [1.54, 1.807) is 12.1 Å². The summed E-state index contributed by atoms with van der Waals surface area (Å²) >= 11 is 6.04. The number of aliphatic hydroxyl groups is 1. The Morgan fingerprint density at radius 3 is 2.56 bits per heavy atom. The van der Waals surface area contributed by atoms with Crippen LogP contribution in [0.4, 0.5) is 21.7 Å². The summed E-state index contributed by atoms with van der Waals surface area (Å²) in [4.78, 5) is 38.6. The summed E-state index contributed by atoms with van der Waals surface area (Å²) < 4.78 is 20.2. The first kappa shape index (κ1) is 31.2. The van der Waals surface area contributed by atoms with Gasteiger partial charge in [-0.1, -0.05) is 11.6 Å². The fourth-order valence-electron chi connectivity index (χ4n) is 6.18. The van der Waals surface area contributed by atoms with Crippen LogP contribution in [0.2, 0.25) is 5.02 Å². The molecule has 1 atom stereocenters. The van der Waals surface area contributed by atoms with Gasteiger partial charge in [0.2, 0.25) is 5.91 Å². The summed E-state index contributed by atoms with van der Waals surface area (Å²) in [6, 6.07) is 7.56. The van der Waals surface area contributed by atoms with E-state index in [1.807, 2.05) is 7.05 Å². The highest BCUT2D eigenvalue weighted by Gasteiger charge is 2.40. The number of carbonyl (C=O) groups excluding carboxylic acids is 2. The smallest absolute Gasteiger partial charge is 0.309 e. The van der Waals surface area contributed by atoms with Crippen LogP contribution in [0.15, 0.2) is 36.7 Å². The third kappa shape index (κ3) is 7.38. The second-order valence-electron chi connectivity index (χ2n) is 12.0. The number of carbonyl (C=O) groups is 2. The second-order valence-corrected chi connectivity index (χ2v) is 12.5. The van der Waals surface area contributed by atoms with E-state index < -0.39 is 12.4 Å². The zero-order chi connectivity index (χ0) is 31.5. The summed E-state index contributed by atoms with van der Waals surface area (Å²) in [7, 11) is 2.04. The van der Waals surface area contributed by atoms with Crippen molar-refractivity contribution in [2.24, 2.45) is 11.8 Å². The first-order valence-electron chi connectivity index (χ1n) is 15.2. The molecule has 1 aromatic carbocycles. The maximum atomic E-state index is 14.4. The van der Waals surface area contributed by atoms with Crippen LogP contribution in [0.25, 0.3) is 11.3 Å². The molecular weight excluding hydrogens is 603 g/mol. The van der Waals surface area contributed by atoms with Crippen molar-refractivity contribution in [3.05, 3.63) is 53.2 Å². The third-order valence-corrected chi connectivity index (χ3v) is 9.13. The zero-order valence-corrected chi connectivity index (χ0v) is 25.7. The van der Waals surface area contributed by atoms with Crippen molar-refractivity contribution >= 4 is 40.8 Å². The van der Waals surface area contributed by atoms with Gasteiger partial charge in [0.1, 0.15) is 35.6 Å². The highest BCUT2D eigenvalue weighted by molar-refractivity contribution is 6.30. The summed E-state index contributed by atoms with van der Waals surface area (Å²) in [5.74, 6) is -0.217. The SMILES string of the molecule is CN1CC[C@@H](OC(=O)C2CCN(C3CC(C(=O)Nc4cc(Nc5cc(-c6cc(Cl)ccc6F)nnc5CO)ncn4)C3)CC2)C1. The molecule has 6 rings (SSSR count). The van der Waals surface area contributed by atoms with Gasteiger partial charge in [-0.25, -0.2) is 14.4 Å². The van der Waals surface area contributed by atoms with Crippen molar-refractivity contribution in [1.29, 1.82) is 0 Å². The molecule has 238 valence electrons. The van der Waals surface area contributed by atoms with E-state index in [2.05, 4.69) is 40.6 Å². The van der Waals surface area contributed by atoms with Gasteiger partial charge in [0, 0.05) is 41.7 Å². The Morgan fingerprint density at radius 2 is 1.82 bits per heavy atom. The van der Waals surface area contributed by atoms with E-state index >= 15 is 0 Å². The summed E-state index contributed by atoms with van der Waals surface area (Å²) in [5.41, 5.74) is 0.978. The van der Waals surface area contributed by atoms with Crippen LogP contribution in [-0.4, -0.2) is 92.3 Å². The maximum Gasteiger partial charge on any atom is 0.309 e. The predicted molar refractivity (Wildman–Crippen MR) is 165 cm³/mol. The van der Waals surface area contributed by atoms with Crippen molar-refractivity contribution in [3.8, 4) is 11.3 Å². The number of piperidine rings is 1. The average molecular weight is 639 g/mol. The molecule has 0 spiro atoms. The van der Waals surface area contributed by atoms with E-state index in [9.17, 15) is 19.1 Å². The van der Waals surface area contributed by atoms with Gasteiger partial charge in [0.05, 0.1) is 23.9 Å². The Balaban J connectivity index is 1.00. The minimum atomic E-state index is -0.515. The monoisotopic (exact) mass is 638 g/mol. The number of ether oxygens (including phenoxy) is 1. The molecule has 0 bridgehead atoms. The number of hydrogen-bond donors (Lipinski definition) is 3. The van der Waals surface area contributed by atoms with E-state index in [0.717, 1.165) is 58.3 Å². The number of halogens is 2. The quantitative estimate of drug-likeness (QED) is 0.295. The Kier molecular flexibility index (Phi) is 9.50. The molecule has 2 aromatic heterocycles. The number of nitrogens with zero attached hydrogens (tertiary/aromatic N) is 6. The number of hydrogen-bond acceptors (Lipinski definition) is 11. The Bertz CT molecular complexity index is 1550. The van der Waals surface area contributed by atoms with Crippen LogP contribution in [0.3, 0.4) is 0 Å². The summed E-state index contributed by atoms with van der Waals surface area (Å²) in [6.45, 7) is 3.02. The van der Waals surface area contributed by atoms with E-state index in [0.29, 0.717) is 28.4 Å². The van der Waals surface area contributed by atoms with Crippen LogP contribution >= 0.6 is 11.6 Å². The van der Waals surface area contributed by atoms with Crippen LogP contribution in [0, 0.1) is 17.7 Å². The lowest BCUT2D eigenvalue weighted by Gasteiger charge is -2.44. The fraction of sp³-hybridized carbons (Fsp3) is 0.484. The highest BCUT2D eigenvalue weighted by atomic mass is 35.5. The maximum absolute atomic E-state index is 14.4. The van der Waals surface area contributed by atoms with E-state index in [-0.39, 0.29) is 46.8 Å². The lowest BCUT2D eigenvalue weighted by Crippen LogP contribution is -2.51.